The molecule has 1 aliphatic rings. The number of carbonyl (C=O) groups excluding carboxylic acids is 1. The number of thioether (sulfide) groups is 1. The van der Waals surface area contributed by atoms with E-state index in [4.69, 9.17) is 4.74 Å². The molecule has 0 saturated carbocycles. The lowest BCUT2D eigenvalue weighted by atomic mass is 9.93. The largest absolute Gasteiger partial charge is 0.468 e. The zero-order valence-corrected chi connectivity index (χ0v) is 11.8. The second-order valence-electron chi connectivity index (χ2n) is 4.35. The highest BCUT2D eigenvalue weighted by atomic mass is 32.2. The molecule has 3 nitrogen and oxygen atoms in total. The summed E-state index contributed by atoms with van der Waals surface area (Å²) in [6, 6.07) is 4.94. The molecule has 0 aliphatic carbocycles. The number of hydrogen-bond acceptors (Lipinski definition) is 4. The molecular weight excluding hydrogens is 312 g/mol. The number of alkyl halides is 3. The van der Waals surface area contributed by atoms with Crippen LogP contribution in [0.3, 0.4) is 0 Å². The van der Waals surface area contributed by atoms with E-state index in [1.165, 1.54) is 18.2 Å². The van der Waals surface area contributed by atoms with Crippen molar-refractivity contribution in [3.63, 3.8) is 0 Å². The van der Waals surface area contributed by atoms with E-state index in [1.807, 2.05) is 0 Å². The second-order valence-corrected chi connectivity index (χ2v) is 5.69. The smallest absolute Gasteiger partial charge is 0.416 e. The van der Waals surface area contributed by atoms with Crippen LogP contribution in [0, 0.1) is 5.82 Å². The number of ether oxygens (including phenoxy) is 2. The summed E-state index contributed by atoms with van der Waals surface area (Å²) >= 11 is 0.371. The van der Waals surface area contributed by atoms with Crippen molar-refractivity contribution in [3.8, 4) is 0 Å². The third-order valence-corrected chi connectivity index (χ3v) is 4.60. The van der Waals surface area contributed by atoms with Gasteiger partial charge in [0, 0.05) is 11.3 Å². The Morgan fingerprint density at radius 2 is 2.10 bits per heavy atom. The van der Waals surface area contributed by atoms with Gasteiger partial charge in [0.05, 0.1) is 13.7 Å². The van der Waals surface area contributed by atoms with Crippen LogP contribution < -0.4 is 0 Å². The van der Waals surface area contributed by atoms with Gasteiger partial charge in [-0.1, -0.05) is 18.2 Å². The van der Waals surface area contributed by atoms with Gasteiger partial charge in [-0.25, -0.2) is 4.39 Å². The summed E-state index contributed by atoms with van der Waals surface area (Å²) in [6.45, 7) is -0.0154. The van der Waals surface area contributed by atoms with Crippen LogP contribution in [0.5, 0.6) is 0 Å². The SMILES string of the molecule is COC(=O)[C@@]1(C(F)(F)F)SCCO[C@@H]1c1ccccc1F. The van der Waals surface area contributed by atoms with Crippen LogP contribution in [0.15, 0.2) is 24.3 Å². The molecule has 0 aromatic heterocycles. The maximum atomic E-state index is 13.9. The third-order valence-electron chi connectivity index (χ3n) is 3.16. The number of esters is 1. The fraction of sp³-hybridized carbons (Fsp3) is 0.462. The molecule has 116 valence electrons. The van der Waals surface area contributed by atoms with Gasteiger partial charge in [-0.3, -0.25) is 4.79 Å². The Morgan fingerprint density at radius 3 is 2.67 bits per heavy atom. The highest BCUT2D eigenvalue weighted by Crippen LogP contribution is 2.54. The molecule has 2 rings (SSSR count). The minimum atomic E-state index is -4.95. The van der Waals surface area contributed by atoms with E-state index < -0.39 is 28.8 Å². The van der Waals surface area contributed by atoms with Gasteiger partial charge in [-0.15, -0.1) is 11.8 Å². The minimum absolute atomic E-state index is 0.0154. The second kappa shape index (κ2) is 5.84. The van der Waals surface area contributed by atoms with Crippen molar-refractivity contribution >= 4 is 17.7 Å². The first-order valence-electron chi connectivity index (χ1n) is 5.99. The number of benzene rings is 1. The van der Waals surface area contributed by atoms with Crippen molar-refractivity contribution in [3.05, 3.63) is 35.6 Å². The zero-order valence-electron chi connectivity index (χ0n) is 10.9. The Hall–Kier alpha value is -1.28. The van der Waals surface area contributed by atoms with Gasteiger partial charge in [0.15, 0.2) is 0 Å². The normalized spacial score (nSPS) is 26.4. The lowest BCUT2D eigenvalue weighted by Gasteiger charge is -2.41. The molecule has 1 aromatic rings. The van der Waals surface area contributed by atoms with Crippen LogP contribution in [-0.2, 0) is 14.3 Å². The van der Waals surface area contributed by atoms with E-state index in [2.05, 4.69) is 4.74 Å². The van der Waals surface area contributed by atoms with E-state index in [9.17, 15) is 22.4 Å². The third kappa shape index (κ3) is 2.62. The molecule has 1 aliphatic heterocycles. The van der Waals surface area contributed by atoms with Gasteiger partial charge in [-0.2, -0.15) is 13.2 Å². The molecule has 0 amide bonds. The van der Waals surface area contributed by atoms with Crippen molar-refractivity contribution in [1.82, 2.24) is 0 Å². The quantitative estimate of drug-likeness (QED) is 0.619. The molecule has 0 spiro atoms. The highest BCUT2D eigenvalue weighted by molar-refractivity contribution is 8.01. The Balaban J connectivity index is 2.60. The first kappa shape index (κ1) is 16.1. The van der Waals surface area contributed by atoms with Crippen LogP contribution >= 0.6 is 11.8 Å². The first-order chi connectivity index (χ1) is 9.84. The fourth-order valence-corrected chi connectivity index (χ4v) is 3.43. The lowest BCUT2D eigenvalue weighted by Crippen LogP contribution is -2.57. The average molecular weight is 324 g/mol. The number of methoxy groups -OCH3 is 1. The predicted molar refractivity (Wildman–Crippen MR) is 68.4 cm³/mol. The van der Waals surface area contributed by atoms with Crippen LogP contribution in [0.25, 0.3) is 0 Å². The Bertz CT molecular complexity index is 534. The van der Waals surface area contributed by atoms with Crippen LogP contribution in [-0.4, -0.2) is 36.4 Å². The molecule has 0 radical (unpaired) electrons. The molecule has 21 heavy (non-hydrogen) atoms. The van der Waals surface area contributed by atoms with E-state index in [1.54, 1.807) is 0 Å². The van der Waals surface area contributed by atoms with Gasteiger partial charge in [-0.05, 0) is 6.07 Å². The summed E-state index contributed by atoms with van der Waals surface area (Å²) < 4.78 is 61.1. The predicted octanol–water partition coefficient (Wildman–Crippen LogP) is 3.10. The minimum Gasteiger partial charge on any atom is -0.468 e. The Labute approximate surface area is 122 Å². The maximum absolute atomic E-state index is 13.9. The molecule has 1 aromatic carbocycles. The van der Waals surface area contributed by atoms with E-state index >= 15 is 0 Å². The molecule has 1 fully saturated rings. The highest BCUT2D eigenvalue weighted by Gasteiger charge is 2.68. The summed E-state index contributed by atoms with van der Waals surface area (Å²) in [5.41, 5.74) is -0.313. The van der Waals surface area contributed by atoms with Crippen molar-refractivity contribution < 1.29 is 31.8 Å². The number of halogens is 4. The fourth-order valence-electron chi connectivity index (χ4n) is 2.22. The summed E-state index contributed by atoms with van der Waals surface area (Å²) in [5.74, 6) is -2.39. The molecule has 0 bridgehead atoms. The van der Waals surface area contributed by atoms with Crippen molar-refractivity contribution in [2.45, 2.75) is 17.0 Å². The molecule has 8 heteroatoms. The molecular formula is C13H12F4O3S. The van der Waals surface area contributed by atoms with Crippen molar-refractivity contribution in [2.75, 3.05) is 19.5 Å². The average Bonchev–Trinajstić information content (AvgIpc) is 2.45. The van der Waals surface area contributed by atoms with Crippen LogP contribution in [0.4, 0.5) is 17.6 Å². The van der Waals surface area contributed by atoms with Crippen molar-refractivity contribution in [2.24, 2.45) is 0 Å². The van der Waals surface area contributed by atoms with E-state index in [0.717, 1.165) is 13.2 Å². The Kier molecular flexibility index (Phi) is 4.48. The molecule has 1 heterocycles. The maximum Gasteiger partial charge on any atom is 0.416 e. The van der Waals surface area contributed by atoms with Crippen LogP contribution in [0.1, 0.15) is 11.7 Å². The Morgan fingerprint density at radius 1 is 1.43 bits per heavy atom. The van der Waals surface area contributed by atoms with Gasteiger partial charge in [0.2, 0.25) is 4.75 Å². The van der Waals surface area contributed by atoms with E-state index in [0.29, 0.717) is 11.8 Å². The van der Waals surface area contributed by atoms with Crippen LogP contribution in [0.2, 0.25) is 0 Å². The summed E-state index contributed by atoms with van der Waals surface area (Å²) in [7, 11) is 0.864. The summed E-state index contributed by atoms with van der Waals surface area (Å²) in [6.07, 6.45) is -6.73. The van der Waals surface area contributed by atoms with Gasteiger partial charge >= 0.3 is 12.1 Å². The van der Waals surface area contributed by atoms with Gasteiger partial charge < -0.3 is 9.47 Å². The lowest BCUT2D eigenvalue weighted by molar-refractivity contribution is -0.208. The number of hydrogen-bond donors (Lipinski definition) is 0. The molecule has 2 atom stereocenters. The first-order valence-corrected chi connectivity index (χ1v) is 6.98. The van der Waals surface area contributed by atoms with E-state index in [-0.39, 0.29) is 17.9 Å². The number of carbonyl (C=O) groups is 1. The van der Waals surface area contributed by atoms with Gasteiger partial charge in [0.25, 0.3) is 0 Å². The summed E-state index contributed by atoms with van der Waals surface area (Å²) in [5, 5.41) is 0. The number of rotatable bonds is 2. The summed E-state index contributed by atoms with van der Waals surface area (Å²) in [4.78, 5) is 11.9. The molecule has 0 N–H and O–H groups in total. The monoisotopic (exact) mass is 324 g/mol. The standard InChI is InChI=1S/C13H12F4O3S/c1-19-11(18)12(13(15,16)17)10(20-6-7-21-12)8-4-2-3-5-9(8)14/h2-5,10H,6-7H2,1H3/t10-,12+/m1/s1. The van der Waals surface area contributed by atoms with Gasteiger partial charge in [0.1, 0.15) is 11.9 Å². The topological polar surface area (TPSA) is 35.5 Å². The van der Waals surface area contributed by atoms with Crippen molar-refractivity contribution in [1.29, 1.82) is 0 Å². The zero-order chi connectivity index (χ0) is 15.7. The molecule has 1 saturated heterocycles. The molecule has 0 unspecified atom stereocenters.